The summed E-state index contributed by atoms with van der Waals surface area (Å²) in [5, 5.41) is 8.77. The minimum Gasteiger partial charge on any atom is -0.396 e. The van der Waals surface area contributed by atoms with Gasteiger partial charge in [0, 0.05) is 13.2 Å². The van der Waals surface area contributed by atoms with Gasteiger partial charge in [0.1, 0.15) is 0 Å². The third-order valence-electron chi connectivity index (χ3n) is 3.21. The fourth-order valence-electron chi connectivity index (χ4n) is 2.40. The lowest BCUT2D eigenvalue weighted by atomic mass is 10.0. The van der Waals surface area contributed by atoms with Crippen LogP contribution in [0.4, 0.5) is 5.69 Å². The van der Waals surface area contributed by atoms with Crippen LogP contribution >= 0.6 is 0 Å². The second-order valence-electron chi connectivity index (χ2n) is 4.69. The Bertz CT molecular complexity index is 508. The highest BCUT2D eigenvalue weighted by molar-refractivity contribution is 6.52. The van der Waals surface area contributed by atoms with E-state index in [2.05, 4.69) is 0 Å². The molecule has 1 amide bonds. The van der Waals surface area contributed by atoms with Crippen LogP contribution in [0, 0.1) is 13.8 Å². The molecule has 18 heavy (non-hydrogen) atoms. The van der Waals surface area contributed by atoms with Crippen LogP contribution < -0.4 is 4.90 Å². The topological polar surface area (TPSA) is 57.6 Å². The lowest BCUT2D eigenvalue weighted by molar-refractivity contribution is -0.114. The SMILES string of the molecule is Cc1cc(C)c2c(c1)N(CCCCO)C(=O)C2=O. The average Bonchev–Trinajstić information content (AvgIpc) is 2.54. The van der Waals surface area contributed by atoms with E-state index in [1.54, 1.807) is 0 Å². The number of carbonyl (C=O) groups is 2. The van der Waals surface area contributed by atoms with E-state index in [9.17, 15) is 9.59 Å². The van der Waals surface area contributed by atoms with E-state index < -0.39 is 11.7 Å². The lowest BCUT2D eigenvalue weighted by Gasteiger charge is -2.16. The molecule has 1 aliphatic heterocycles. The first kappa shape index (κ1) is 12.8. The summed E-state index contributed by atoms with van der Waals surface area (Å²) >= 11 is 0. The minimum absolute atomic E-state index is 0.107. The van der Waals surface area contributed by atoms with Gasteiger partial charge >= 0.3 is 0 Å². The molecule has 0 saturated heterocycles. The van der Waals surface area contributed by atoms with Crippen LogP contribution in [0.25, 0.3) is 0 Å². The molecule has 0 fully saturated rings. The molecule has 0 bridgehead atoms. The van der Waals surface area contributed by atoms with Crippen LogP contribution in [0.2, 0.25) is 0 Å². The van der Waals surface area contributed by atoms with Gasteiger partial charge in [-0.15, -0.1) is 0 Å². The zero-order valence-electron chi connectivity index (χ0n) is 10.7. The predicted octanol–water partition coefficient (Wildman–Crippen LogP) is 1.61. The van der Waals surface area contributed by atoms with E-state index in [1.165, 1.54) is 4.90 Å². The fourth-order valence-corrected chi connectivity index (χ4v) is 2.40. The second-order valence-corrected chi connectivity index (χ2v) is 4.69. The Kier molecular flexibility index (Phi) is 3.48. The van der Waals surface area contributed by atoms with Gasteiger partial charge in [0.15, 0.2) is 0 Å². The Hall–Kier alpha value is -1.68. The largest absolute Gasteiger partial charge is 0.396 e. The predicted molar refractivity (Wildman–Crippen MR) is 68.9 cm³/mol. The van der Waals surface area contributed by atoms with Crippen molar-refractivity contribution in [2.45, 2.75) is 26.7 Å². The number of hydrogen-bond acceptors (Lipinski definition) is 3. The molecule has 0 spiro atoms. The molecule has 0 radical (unpaired) electrons. The van der Waals surface area contributed by atoms with Crippen molar-refractivity contribution < 1.29 is 14.7 Å². The number of rotatable bonds is 4. The first-order valence-electron chi connectivity index (χ1n) is 6.14. The van der Waals surface area contributed by atoms with Crippen molar-refractivity contribution >= 4 is 17.4 Å². The molecule has 0 unspecified atom stereocenters. The van der Waals surface area contributed by atoms with Crippen molar-refractivity contribution in [1.82, 2.24) is 0 Å². The maximum atomic E-state index is 11.9. The molecule has 4 nitrogen and oxygen atoms in total. The van der Waals surface area contributed by atoms with E-state index in [0.717, 1.165) is 16.8 Å². The Labute approximate surface area is 106 Å². The number of aliphatic hydroxyl groups is 1. The van der Waals surface area contributed by atoms with Gasteiger partial charge in [0.25, 0.3) is 11.7 Å². The molecule has 0 aliphatic carbocycles. The van der Waals surface area contributed by atoms with Gasteiger partial charge < -0.3 is 10.0 Å². The number of fused-ring (bicyclic) bond motifs is 1. The zero-order chi connectivity index (χ0) is 13.3. The molecule has 0 atom stereocenters. The number of benzene rings is 1. The normalized spacial score (nSPS) is 14.3. The van der Waals surface area contributed by atoms with Crippen molar-refractivity contribution in [2.75, 3.05) is 18.1 Å². The van der Waals surface area contributed by atoms with Crippen LogP contribution in [-0.4, -0.2) is 29.9 Å². The third-order valence-corrected chi connectivity index (χ3v) is 3.21. The van der Waals surface area contributed by atoms with Gasteiger partial charge in [0.05, 0.1) is 11.3 Å². The summed E-state index contributed by atoms with van der Waals surface area (Å²) in [5.74, 6) is -0.858. The summed E-state index contributed by atoms with van der Waals surface area (Å²) in [6, 6.07) is 3.80. The highest BCUT2D eigenvalue weighted by atomic mass is 16.3. The maximum absolute atomic E-state index is 11.9. The van der Waals surface area contributed by atoms with Gasteiger partial charge in [0.2, 0.25) is 0 Å². The molecular formula is C14H17NO3. The molecule has 0 aromatic heterocycles. The summed E-state index contributed by atoms with van der Waals surface area (Å²) in [6.07, 6.45) is 1.33. The standard InChI is InChI=1S/C14H17NO3/c1-9-7-10(2)12-11(8-9)15(5-3-4-6-16)14(18)13(12)17/h7-8,16H,3-6H2,1-2H3. The number of amides is 1. The number of aliphatic hydroxyl groups excluding tert-OH is 1. The van der Waals surface area contributed by atoms with Crippen molar-refractivity contribution in [1.29, 1.82) is 0 Å². The molecule has 96 valence electrons. The van der Waals surface area contributed by atoms with E-state index in [4.69, 9.17) is 5.11 Å². The molecule has 1 N–H and O–H groups in total. The first-order chi connectivity index (χ1) is 8.56. The zero-order valence-corrected chi connectivity index (χ0v) is 10.7. The number of Topliss-reactive ketones (excluding diaryl/α,β-unsaturated/α-hetero) is 1. The van der Waals surface area contributed by atoms with Crippen LogP contribution in [0.5, 0.6) is 0 Å². The summed E-state index contributed by atoms with van der Waals surface area (Å²) in [5.41, 5.74) is 3.16. The van der Waals surface area contributed by atoms with Crippen molar-refractivity contribution in [3.05, 3.63) is 28.8 Å². The van der Waals surface area contributed by atoms with Crippen LogP contribution in [0.1, 0.15) is 34.3 Å². The van der Waals surface area contributed by atoms with Gasteiger partial charge in [-0.05, 0) is 43.9 Å². The Morgan fingerprint density at radius 2 is 1.89 bits per heavy atom. The summed E-state index contributed by atoms with van der Waals surface area (Å²) in [7, 11) is 0. The first-order valence-corrected chi connectivity index (χ1v) is 6.14. The number of nitrogens with zero attached hydrogens (tertiary/aromatic N) is 1. The van der Waals surface area contributed by atoms with E-state index in [-0.39, 0.29) is 6.61 Å². The minimum atomic E-state index is -0.448. The molecule has 1 aromatic carbocycles. The summed E-state index contributed by atoms with van der Waals surface area (Å²) in [4.78, 5) is 25.4. The lowest BCUT2D eigenvalue weighted by Crippen LogP contribution is -2.30. The number of hydrogen-bond donors (Lipinski definition) is 1. The maximum Gasteiger partial charge on any atom is 0.299 e. The van der Waals surface area contributed by atoms with Crippen molar-refractivity contribution in [2.24, 2.45) is 0 Å². The van der Waals surface area contributed by atoms with Crippen LogP contribution in [0.3, 0.4) is 0 Å². The Morgan fingerprint density at radius 3 is 2.56 bits per heavy atom. The van der Waals surface area contributed by atoms with E-state index in [1.807, 2.05) is 26.0 Å². The molecule has 1 heterocycles. The van der Waals surface area contributed by atoms with E-state index in [0.29, 0.717) is 24.9 Å². The quantitative estimate of drug-likeness (QED) is 0.649. The number of ketones is 1. The number of carbonyl (C=O) groups excluding carboxylic acids is 2. The number of unbranched alkanes of at least 4 members (excludes halogenated alkanes) is 1. The summed E-state index contributed by atoms with van der Waals surface area (Å²) in [6.45, 7) is 4.40. The Balaban J connectivity index is 2.35. The monoisotopic (exact) mass is 247 g/mol. The molecule has 4 heteroatoms. The highest BCUT2D eigenvalue weighted by Gasteiger charge is 2.36. The van der Waals surface area contributed by atoms with E-state index >= 15 is 0 Å². The van der Waals surface area contributed by atoms with Gasteiger partial charge in [-0.3, -0.25) is 9.59 Å². The number of aryl methyl sites for hydroxylation is 2. The summed E-state index contributed by atoms with van der Waals surface area (Å²) < 4.78 is 0. The average molecular weight is 247 g/mol. The molecular weight excluding hydrogens is 230 g/mol. The van der Waals surface area contributed by atoms with Crippen molar-refractivity contribution in [3.63, 3.8) is 0 Å². The van der Waals surface area contributed by atoms with Crippen LogP contribution in [0.15, 0.2) is 12.1 Å². The van der Waals surface area contributed by atoms with Crippen LogP contribution in [-0.2, 0) is 4.79 Å². The smallest absolute Gasteiger partial charge is 0.299 e. The molecule has 1 aromatic rings. The molecule has 2 rings (SSSR count). The third kappa shape index (κ3) is 2.04. The Morgan fingerprint density at radius 1 is 1.17 bits per heavy atom. The second kappa shape index (κ2) is 4.90. The van der Waals surface area contributed by atoms with Gasteiger partial charge in [-0.25, -0.2) is 0 Å². The van der Waals surface area contributed by atoms with Crippen molar-refractivity contribution in [3.8, 4) is 0 Å². The number of anilines is 1. The molecule has 1 aliphatic rings. The fraction of sp³-hybridized carbons (Fsp3) is 0.429. The van der Waals surface area contributed by atoms with Gasteiger partial charge in [-0.2, -0.15) is 0 Å². The highest BCUT2D eigenvalue weighted by Crippen LogP contribution is 2.32. The molecule has 0 saturated carbocycles. The van der Waals surface area contributed by atoms with Gasteiger partial charge in [-0.1, -0.05) is 6.07 Å².